The molecule has 0 fully saturated rings. The molecule has 1 aliphatic rings. The fourth-order valence-corrected chi connectivity index (χ4v) is 3.13. The molecule has 29 heavy (non-hydrogen) atoms. The molecule has 0 saturated carbocycles. The molecule has 0 spiro atoms. The number of para-hydroxylation sites is 2. The van der Waals surface area contributed by atoms with Crippen molar-refractivity contribution in [2.75, 3.05) is 39.4 Å². The lowest BCUT2D eigenvalue weighted by Crippen LogP contribution is -2.41. The summed E-state index contributed by atoms with van der Waals surface area (Å²) in [6.45, 7) is 0.506. The highest BCUT2D eigenvalue weighted by Crippen LogP contribution is 2.34. The summed E-state index contributed by atoms with van der Waals surface area (Å²) in [5.74, 6) is 1.97. The van der Waals surface area contributed by atoms with Gasteiger partial charge in [-0.05, 0) is 18.2 Å². The highest BCUT2D eigenvalue weighted by molar-refractivity contribution is 5.98. The van der Waals surface area contributed by atoms with Gasteiger partial charge < -0.3 is 29.2 Å². The SMILES string of the molecule is COc1cc(OC)c(OC)cc1CNC(=O)CCN1C(=O)COc2ccccc21. The van der Waals surface area contributed by atoms with Crippen LogP contribution in [0.15, 0.2) is 36.4 Å². The van der Waals surface area contributed by atoms with Gasteiger partial charge in [-0.1, -0.05) is 12.1 Å². The van der Waals surface area contributed by atoms with Crippen molar-refractivity contribution in [3.63, 3.8) is 0 Å². The average molecular weight is 400 g/mol. The van der Waals surface area contributed by atoms with Crippen LogP contribution in [-0.4, -0.2) is 46.3 Å². The van der Waals surface area contributed by atoms with E-state index in [0.717, 1.165) is 5.56 Å². The predicted molar refractivity (Wildman–Crippen MR) is 107 cm³/mol. The van der Waals surface area contributed by atoms with Gasteiger partial charge in [-0.15, -0.1) is 0 Å². The van der Waals surface area contributed by atoms with E-state index in [-0.39, 0.29) is 37.9 Å². The molecule has 0 saturated heterocycles. The first-order valence-electron chi connectivity index (χ1n) is 9.15. The molecule has 0 unspecified atom stereocenters. The fraction of sp³-hybridized carbons (Fsp3) is 0.333. The van der Waals surface area contributed by atoms with Crippen molar-refractivity contribution < 1.29 is 28.5 Å². The molecule has 1 N–H and O–H groups in total. The van der Waals surface area contributed by atoms with Crippen LogP contribution in [0.4, 0.5) is 5.69 Å². The summed E-state index contributed by atoms with van der Waals surface area (Å²) in [7, 11) is 4.64. The second kappa shape index (κ2) is 9.18. The van der Waals surface area contributed by atoms with Crippen molar-refractivity contribution in [3.05, 3.63) is 42.0 Å². The summed E-state index contributed by atoms with van der Waals surface area (Å²) in [4.78, 5) is 26.1. The summed E-state index contributed by atoms with van der Waals surface area (Å²) < 4.78 is 21.4. The Balaban J connectivity index is 1.62. The van der Waals surface area contributed by atoms with Crippen molar-refractivity contribution in [1.82, 2.24) is 5.32 Å². The van der Waals surface area contributed by atoms with Gasteiger partial charge in [0, 0.05) is 31.1 Å². The van der Waals surface area contributed by atoms with E-state index < -0.39 is 0 Å². The van der Waals surface area contributed by atoms with Crippen LogP contribution in [0.3, 0.4) is 0 Å². The predicted octanol–water partition coefficient (Wildman–Crippen LogP) is 2.14. The van der Waals surface area contributed by atoms with Gasteiger partial charge in [-0.2, -0.15) is 0 Å². The number of carbonyl (C=O) groups excluding carboxylic acids is 2. The Bertz CT molecular complexity index is 899. The van der Waals surface area contributed by atoms with Crippen molar-refractivity contribution in [2.24, 2.45) is 0 Å². The molecule has 0 radical (unpaired) electrons. The number of hydrogen-bond donors (Lipinski definition) is 1. The third-order valence-electron chi connectivity index (χ3n) is 4.63. The molecule has 1 heterocycles. The Morgan fingerprint density at radius 2 is 1.76 bits per heavy atom. The molecule has 8 heteroatoms. The molecule has 0 aliphatic carbocycles. The zero-order valence-corrected chi connectivity index (χ0v) is 16.7. The number of nitrogens with zero attached hydrogens (tertiary/aromatic N) is 1. The third-order valence-corrected chi connectivity index (χ3v) is 4.63. The van der Waals surface area contributed by atoms with Crippen LogP contribution in [0, 0.1) is 0 Å². The van der Waals surface area contributed by atoms with Crippen LogP contribution in [0.1, 0.15) is 12.0 Å². The number of hydrogen-bond acceptors (Lipinski definition) is 6. The molecular weight excluding hydrogens is 376 g/mol. The number of amides is 2. The number of anilines is 1. The first-order valence-corrected chi connectivity index (χ1v) is 9.15. The molecule has 2 aromatic carbocycles. The maximum atomic E-state index is 12.4. The zero-order chi connectivity index (χ0) is 20.8. The van der Waals surface area contributed by atoms with Gasteiger partial charge in [0.25, 0.3) is 5.91 Å². The number of ether oxygens (including phenoxy) is 4. The summed E-state index contributed by atoms with van der Waals surface area (Å²) >= 11 is 0. The van der Waals surface area contributed by atoms with E-state index in [4.69, 9.17) is 18.9 Å². The fourth-order valence-electron chi connectivity index (χ4n) is 3.13. The van der Waals surface area contributed by atoms with Gasteiger partial charge in [0.15, 0.2) is 18.1 Å². The topological polar surface area (TPSA) is 86.3 Å². The molecular formula is C21H24N2O6. The second-order valence-electron chi connectivity index (χ2n) is 6.35. The van der Waals surface area contributed by atoms with E-state index in [2.05, 4.69) is 5.32 Å². The van der Waals surface area contributed by atoms with Crippen LogP contribution >= 0.6 is 0 Å². The first-order chi connectivity index (χ1) is 14.1. The molecule has 154 valence electrons. The Morgan fingerprint density at radius 1 is 1.07 bits per heavy atom. The van der Waals surface area contributed by atoms with Gasteiger partial charge in [-0.3, -0.25) is 9.59 Å². The zero-order valence-electron chi connectivity index (χ0n) is 16.7. The van der Waals surface area contributed by atoms with Gasteiger partial charge >= 0.3 is 0 Å². The lowest BCUT2D eigenvalue weighted by Gasteiger charge is -2.29. The summed E-state index contributed by atoms with van der Waals surface area (Å²) in [6, 6.07) is 10.8. The van der Waals surface area contributed by atoms with Gasteiger partial charge in [0.2, 0.25) is 5.91 Å². The van der Waals surface area contributed by atoms with E-state index in [1.807, 2.05) is 12.1 Å². The van der Waals surface area contributed by atoms with E-state index >= 15 is 0 Å². The van der Waals surface area contributed by atoms with Crippen molar-refractivity contribution in [1.29, 1.82) is 0 Å². The number of carbonyl (C=O) groups is 2. The second-order valence-corrected chi connectivity index (χ2v) is 6.35. The molecule has 0 aromatic heterocycles. The third kappa shape index (κ3) is 4.53. The quantitative estimate of drug-likeness (QED) is 0.731. The smallest absolute Gasteiger partial charge is 0.265 e. The van der Waals surface area contributed by atoms with Crippen molar-refractivity contribution in [3.8, 4) is 23.0 Å². The molecule has 0 atom stereocenters. The Labute approximate surface area is 169 Å². The van der Waals surface area contributed by atoms with Crippen LogP contribution in [0.2, 0.25) is 0 Å². The van der Waals surface area contributed by atoms with Gasteiger partial charge in [-0.25, -0.2) is 0 Å². The largest absolute Gasteiger partial charge is 0.496 e. The maximum Gasteiger partial charge on any atom is 0.265 e. The van der Waals surface area contributed by atoms with Crippen LogP contribution < -0.4 is 29.2 Å². The minimum atomic E-state index is -0.182. The van der Waals surface area contributed by atoms with E-state index in [9.17, 15) is 9.59 Å². The van der Waals surface area contributed by atoms with E-state index in [1.54, 1.807) is 50.5 Å². The number of benzene rings is 2. The first kappa shape index (κ1) is 20.3. The summed E-state index contributed by atoms with van der Waals surface area (Å²) in [5, 5.41) is 2.86. The number of methoxy groups -OCH3 is 3. The molecule has 8 nitrogen and oxygen atoms in total. The highest BCUT2D eigenvalue weighted by atomic mass is 16.5. The highest BCUT2D eigenvalue weighted by Gasteiger charge is 2.25. The lowest BCUT2D eigenvalue weighted by molar-refractivity contribution is -0.122. The van der Waals surface area contributed by atoms with Crippen molar-refractivity contribution >= 4 is 17.5 Å². The Hall–Kier alpha value is -3.42. The minimum Gasteiger partial charge on any atom is -0.496 e. The normalized spacial score (nSPS) is 12.7. The molecule has 2 aromatic rings. The Kier molecular flexibility index (Phi) is 6.43. The number of fused-ring (bicyclic) bond motifs is 1. The van der Waals surface area contributed by atoms with Crippen molar-refractivity contribution in [2.45, 2.75) is 13.0 Å². The van der Waals surface area contributed by atoms with Crippen LogP contribution in [-0.2, 0) is 16.1 Å². The summed E-state index contributed by atoms with van der Waals surface area (Å²) in [6.07, 6.45) is 0.162. The van der Waals surface area contributed by atoms with E-state index in [0.29, 0.717) is 28.7 Å². The molecule has 1 aliphatic heterocycles. The van der Waals surface area contributed by atoms with Crippen LogP contribution in [0.25, 0.3) is 0 Å². The molecule has 2 amide bonds. The number of rotatable bonds is 8. The standard InChI is InChI=1S/C21H24N2O6/c1-26-17-11-19(28-3)18(27-2)10-14(17)12-22-20(24)8-9-23-15-6-4-5-7-16(15)29-13-21(23)25/h4-7,10-11H,8-9,12-13H2,1-3H3,(H,22,24). The van der Waals surface area contributed by atoms with Gasteiger partial charge in [0.05, 0.1) is 27.0 Å². The van der Waals surface area contributed by atoms with Crippen LogP contribution in [0.5, 0.6) is 23.0 Å². The molecule has 3 rings (SSSR count). The molecule has 0 bridgehead atoms. The summed E-state index contributed by atoms with van der Waals surface area (Å²) in [5.41, 5.74) is 1.43. The van der Waals surface area contributed by atoms with E-state index in [1.165, 1.54) is 0 Å². The monoisotopic (exact) mass is 400 g/mol. The Morgan fingerprint density at radius 3 is 2.48 bits per heavy atom. The minimum absolute atomic E-state index is 0.0263. The maximum absolute atomic E-state index is 12.4. The van der Waals surface area contributed by atoms with Gasteiger partial charge in [0.1, 0.15) is 11.5 Å². The number of nitrogens with one attached hydrogen (secondary N) is 1. The lowest BCUT2D eigenvalue weighted by atomic mass is 10.1. The average Bonchev–Trinajstić information content (AvgIpc) is 2.76.